The van der Waals surface area contributed by atoms with Gasteiger partial charge in [0.2, 0.25) is 0 Å². The summed E-state index contributed by atoms with van der Waals surface area (Å²) >= 11 is 0. The number of hydrogen-bond donors (Lipinski definition) is 2. The van der Waals surface area contributed by atoms with E-state index in [1.165, 1.54) is 12.1 Å². The molecule has 0 spiro atoms. The summed E-state index contributed by atoms with van der Waals surface area (Å²) in [6, 6.07) is 7.85. The summed E-state index contributed by atoms with van der Waals surface area (Å²) in [7, 11) is 0. The lowest BCUT2D eigenvalue weighted by Crippen LogP contribution is -2.28. The molecule has 1 amide bonds. The van der Waals surface area contributed by atoms with E-state index in [4.69, 9.17) is 8.83 Å². The molecule has 7 heteroatoms. The number of fused-ring (bicyclic) bond motifs is 2. The molecule has 2 heterocycles. The van der Waals surface area contributed by atoms with Gasteiger partial charge in [-0.25, -0.2) is 9.59 Å². The van der Waals surface area contributed by atoms with Crippen LogP contribution in [0.3, 0.4) is 0 Å². The second-order valence-corrected chi connectivity index (χ2v) is 7.56. The predicted molar refractivity (Wildman–Crippen MR) is 116 cm³/mol. The molecule has 4 rings (SSSR count). The maximum absolute atomic E-state index is 12.7. The topological polar surface area (TPSA) is 110 Å². The Hall–Kier alpha value is -3.87. The third kappa shape index (κ3) is 3.28. The van der Waals surface area contributed by atoms with Crippen LogP contribution >= 0.6 is 0 Å². The number of carbonyl (C=O) groups excluding carboxylic acids is 1. The lowest BCUT2D eigenvalue weighted by Gasteiger charge is -2.11. The number of aromatic carboxylic acids is 1. The maximum atomic E-state index is 12.7. The molecule has 0 saturated heterocycles. The van der Waals surface area contributed by atoms with E-state index in [0.717, 1.165) is 27.7 Å². The third-order valence-electron chi connectivity index (χ3n) is 5.77. The molecule has 31 heavy (non-hydrogen) atoms. The van der Waals surface area contributed by atoms with Crippen LogP contribution in [0.15, 0.2) is 44.0 Å². The van der Waals surface area contributed by atoms with Crippen LogP contribution in [0.2, 0.25) is 0 Å². The fourth-order valence-electron chi connectivity index (χ4n) is 3.83. The number of benzene rings is 2. The molecule has 158 valence electrons. The third-order valence-corrected chi connectivity index (χ3v) is 5.77. The molecule has 2 aromatic carbocycles. The van der Waals surface area contributed by atoms with E-state index in [0.29, 0.717) is 22.3 Å². The van der Waals surface area contributed by atoms with Gasteiger partial charge in [0.25, 0.3) is 5.91 Å². The highest BCUT2D eigenvalue weighted by molar-refractivity contribution is 6.05. The second kappa shape index (κ2) is 7.43. The summed E-state index contributed by atoms with van der Waals surface area (Å²) < 4.78 is 11.4. The number of nitrogens with one attached hydrogen (secondary N) is 1. The molecular formula is C24H21NO6. The molecule has 0 radical (unpaired) electrons. The molecule has 0 aliphatic heterocycles. The standard InChI is InChI=1S/C24H21NO6/c1-11-14(4)30-20-13(3)21-18(9-17(11)20)12(2)19(24(29)31-21)10-25-22(26)15-7-5-6-8-16(15)23(27)28/h5-9H,10H2,1-4H3,(H,25,26)(H,27,28). The number of furan rings is 1. The van der Waals surface area contributed by atoms with Gasteiger partial charge in [-0.05, 0) is 57.0 Å². The Bertz CT molecular complexity index is 1440. The normalized spacial score (nSPS) is 11.2. The fraction of sp³-hybridized carbons (Fsp3) is 0.208. The molecule has 0 aliphatic rings. The van der Waals surface area contributed by atoms with Crippen LogP contribution in [0.5, 0.6) is 0 Å². The lowest BCUT2D eigenvalue weighted by atomic mass is 10.00. The van der Waals surface area contributed by atoms with E-state index < -0.39 is 17.5 Å². The Morgan fingerprint density at radius 3 is 2.19 bits per heavy atom. The highest BCUT2D eigenvalue weighted by Crippen LogP contribution is 2.34. The Balaban J connectivity index is 1.76. The predicted octanol–water partition coefficient (Wildman–Crippen LogP) is 4.40. The fourth-order valence-corrected chi connectivity index (χ4v) is 3.83. The smallest absolute Gasteiger partial charge is 0.341 e. The second-order valence-electron chi connectivity index (χ2n) is 7.56. The number of aryl methyl sites for hydroxylation is 4. The number of carboxylic acids is 1. The van der Waals surface area contributed by atoms with Crippen molar-refractivity contribution in [1.82, 2.24) is 5.32 Å². The highest BCUT2D eigenvalue weighted by atomic mass is 16.4. The molecule has 0 saturated carbocycles. The van der Waals surface area contributed by atoms with Crippen molar-refractivity contribution in [1.29, 1.82) is 0 Å². The van der Waals surface area contributed by atoms with Gasteiger partial charge in [0.15, 0.2) is 0 Å². The first kappa shape index (κ1) is 20.4. The van der Waals surface area contributed by atoms with Crippen molar-refractivity contribution in [3.8, 4) is 0 Å². The molecule has 0 atom stereocenters. The van der Waals surface area contributed by atoms with Gasteiger partial charge in [-0.3, -0.25) is 4.79 Å². The van der Waals surface area contributed by atoms with E-state index in [1.54, 1.807) is 19.1 Å². The number of carboxylic acid groups (broad SMARTS) is 1. The van der Waals surface area contributed by atoms with Crippen molar-refractivity contribution in [2.45, 2.75) is 34.2 Å². The van der Waals surface area contributed by atoms with Crippen LogP contribution in [0, 0.1) is 27.7 Å². The summed E-state index contributed by atoms with van der Waals surface area (Å²) in [5.74, 6) is -0.972. The summed E-state index contributed by atoms with van der Waals surface area (Å²) in [5, 5.41) is 13.6. The summed E-state index contributed by atoms with van der Waals surface area (Å²) in [6.07, 6.45) is 0. The van der Waals surface area contributed by atoms with Gasteiger partial charge in [-0.2, -0.15) is 0 Å². The van der Waals surface area contributed by atoms with Gasteiger partial charge >= 0.3 is 11.6 Å². The molecule has 2 aromatic heterocycles. The zero-order chi connectivity index (χ0) is 22.4. The van der Waals surface area contributed by atoms with Crippen LogP contribution in [0.4, 0.5) is 0 Å². The van der Waals surface area contributed by atoms with E-state index in [-0.39, 0.29) is 17.7 Å². The van der Waals surface area contributed by atoms with Crippen LogP contribution in [0.25, 0.3) is 21.9 Å². The minimum absolute atomic E-state index is 0.0277. The van der Waals surface area contributed by atoms with Crippen molar-refractivity contribution in [3.05, 3.63) is 79.9 Å². The van der Waals surface area contributed by atoms with E-state index in [2.05, 4.69) is 5.32 Å². The quantitative estimate of drug-likeness (QED) is 0.475. The van der Waals surface area contributed by atoms with Crippen LogP contribution in [0.1, 0.15) is 48.7 Å². The van der Waals surface area contributed by atoms with Crippen LogP contribution in [-0.2, 0) is 6.54 Å². The molecule has 0 fully saturated rings. The number of hydrogen-bond acceptors (Lipinski definition) is 5. The molecule has 7 nitrogen and oxygen atoms in total. The van der Waals surface area contributed by atoms with Crippen molar-refractivity contribution in [2.24, 2.45) is 0 Å². The van der Waals surface area contributed by atoms with Crippen molar-refractivity contribution in [2.75, 3.05) is 0 Å². The molecule has 0 bridgehead atoms. The number of rotatable bonds is 4. The molecule has 0 aliphatic carbocycles. The van der Waals surface area contributed by atoms with Gasteiger partial charge in [-0.1, -0.05) is 12.1 Å². The zero-order valence-corrected chi connectivity index (χ0v) is 17.6. The summed E-state index contributed by atoms with van der Waals surface area (Å²) in [6.45, 7) is 7.43. The van der Waals surface area contributed by atoms with Gasteiger partial charge in [0.1, 0.15) is 16.9 Å². The monoisotopic (exact) mass is 419 g/mol. The Labute approximate surface area is 177 Å². The number of amides is 1. The molecular weight excluding hydrogens is 398 g/mol. The Morgan fingerprint density at radius 2 is 1.52 bits per heavy atom. The van der Waals surface area contributed by atoms with Gasteiger partial charge in [-0.15, -0.1) is 0 Å². The van der Waals surface area contributed by atoms with E-state index >= 15 is 0 Å². The lowest BCUT2D eigenvalue weighted by molar-refractivity contribution is 0.0691. The average molecular weight is 419 g/mol. The summed E-state index contributed by atoms with van der Waals surface area (Å²) in [5.41, 5.74) is 3.28. The minimum atomic E-state index is -1.20. The van der Waals surface area contributed by atoms with Crippen LogP contribution < -0.4 is 10.9 Å². The van der Waals surface area contributed by atoms with Gasteiger partial charge in [0, 0.05) is 16.3 Å². The average Bonchev–Trinajstić information content (AvgIpc) is 3.03. The summed E-state index contributed by atoms with van der Waals surface area (Å²) in [4.78, 5) is 36.7. The maximum Gasteiger partial charge on any atom is 0.341 e. The zero-order valence-electron chi connectivity index (χ0n) is 17.6. The highest BCUT2D eigenvalue weighted by Gasteiger charge is 2.20. The van der Waals surface area contributed by atoms with Crippen molar-refractivity contribution < 1.29 is 23.5 Å². The first-order chi connectivity index (χ1) is 14.7. The van der Waals surface area contributed by atoms with Crippen LogP contribution in [-0.4, -0.2) is 17.0 Å². The Morgan fingerprint density at radius 1 is 0.903 bits per heavy atom. The Kier molecular flexibility index (Phi) is 4.89. The first-order valence-corrected chi connectivity index (χ1v) is 9.76. The SMILES string of the molecule is Cc1oc2c(C)c3oc(=O)c(CNC(=O)c4ccccc4C(=O)O)c(C)c3cc2c1C. The van der Waals surface area contributed by atoms with Gasteiger partial charge < -0.3 is 19.3 Å². The number of carbonyl (C=O) groups is 2. The molecule has 2 N–H and O–H groups in total. The van der Waals surface area contributed by atoms with Crippen molar-refractivity contribution >= 4 is 33.8 Å². The largest absolute Gasteiger partial charge is 0.478 e. The van der Waals surface area contributed by atoms with E-state index in [1.807, 2.05) is 26.8 Å². The molecule has 4 aromatic rings. The van der Waals surface area contributed by atoms with Gasteiger partial charge in [0.05, 0.1) is 23.2 Å². The van der Waals surface area contributed by atoms with Crippen molar-refractivity contribution in [3.63, 3.8) is 0 Å². The first-order valence-electron chi connectivity index (χ1n) is 9.76. The molecule has 0 unspecified atom stereocenters. The van der Waals surface area contributed by atoms with E-state index in [9.17, 15) is 19.5 Å². The minimum Gasteiger partial charge on any atom is -0.478 e.